The van der Waals surface area contributed by atoms with E-state index in [4.69, 9.17) is 5.73 Å². The van der Waals surface area contributed by atoms with E-state index in [1.54, 1.807) is 41.6 Å². The maximum atomic E-state index is 13.9. The molecule has 2 amide bonds. The zero-order valence-electron chi connectivity index (χ0n) is 20.6. The molecule has 0 radical (unpaired) electrons. The van der Waals surface area contributed by atoms with Gasteiger partial charge in [0.1, 0.15) is 11.9 Å². The van der Waals surface area contributed by atoms with E-state index in [9.17, 15) is 14.0 Å². The molecule has 2 aromatic carbocycles. The normalized spacial score (nSPS) is 15.0. The molecule has 3 heterocycles. The van der Waals surface area contributed by atoms with E-state index >= 15 is 0 Å². The summed E-state index contributed by atoms with van der Waals surface area (Å²) in [5.41, 5.74) is 9.98. The first-order chi connectivity index (χ1) is 18.0. The molecule has 0 fully saturated rings. The number of aromatic nitrogens is 3. The number of fused-ring (bicyclic) bond motifs is 1. The molecule has 3 N–H and O–H groups in total. The number of hydrogen-bond donors (Lipinski definition) is 2. The zero-order valence-corrected chi connectivity index (χ0v) is 23.0. The Hall–Kier alpha value is -3.44. The first-order valence-electron chi connectivity index (χ1n) is 11.9. The molecule has 1 aliphatic rings. The molecule has 12 heteroatoms. The number of nitrogens with one attached hydrogen (secondary N) is 1. The summed E-state index contributed by atoms with van der Waals surface area (Å²) in [5, 5.41) is 6.70. The van der Waals surface area contributed by atoms with Crippen LogP contribution in [0.4, 0.5) is 10.1 Å². The smallest absolute Gasteiger partial charge is 0.250 e. The Balaban J connectivity index is 0.00000210. The number of carbonyl (C=O) groups is 2. The predicted octanol–water partition coefficient (Wildman–Crippen LogP) is -2.72. The monoisotopic (exact) mass is 586 g/mol. The standard InChI is InChI=1S/C27H25FN6O2S.2ClH/c28-21-5-2-1-4-19(21)12-20(29)13-26(35)32-23-14-22-24(6-3-11-30-22)34(27(23)36)16-17-7-9-18(10-8-17)25-15-31-33-37-25;;/h1-11,15,20,23H,12-14,16,29H2,(H,32,35);2*1H/p-2/t20-,23?;;/m1../s1. The van der Waals surface area contributed by atoms with Crippen LogP contribution in [0.3, 0.4) is 0 Å². The van der Waals surface area contributed by atoms with E-state index in [-0.39, 0.29) is 61.7 Å². The van der Waals surface area contributed by atoms with Crippen LogP contribution in [-0.2, 0) is 29.0 Å². The minimum Gasteiger partial charge on any atom is -1.00 e. The molecule has 204 valence electrons. The highest BCUT2D eigenvalue weighted by atomic mass is 35.5. The first-order valence-corrected chi connectivity index (χ1v) is 12.7. The molecular formula is C27H25Cl2FN6O2S-2. The van der Waals surface area contributed by atoms with Crippen molar-refractivity contribution in [1.82, 2.24) is 19.9 Å². The van der Waals surface area contributed by atoms with Gasteiger partial charge in [0.25, 0.3) is 0 Å². The summed E-state index contributed by atoms with van der Waals surface area (Å²) < 4.78 is 17.8. The van der Waals surface area contributed by atoms with E-state index in [2.05, 4.69) is 19.9 Å². The lowest BCUT2D eigenvalue weighted by atomic mass is 9.99. The number of anilines is 1. The second kappa shape index (κ2) is 13.6. The molecule has 2 aromatic heterocycles. The fourth-order valence-corrected chi connectivity index (χ4v) is 4.98. The summed E-state index contributed by atoms with van der Waals surface area (Å²) in [7, 11) is 0. The van der Waals surface area contributed by atoms with Crippen molar-refractivity contribution in [2.24, 2.45) is 5.73 Å². The van der Waals surface area contributed by atoms with Gasteiger partial charge in [-0.05, 0) is 52.8 Å². The van der Waals surface area contributed by atoms with Crippen molar-refractivity contribution in [3.63, 3.8) is 0 Å². The van der Waals surface area contributed by atoms with Crippen LogP contribution in [0, 0.1) is 5.82 Å². The van der Waals surface area contributed by atoms with Crippen LogP contribution >= 0.6 is 11.5 Å². The van der Waals surface area contributed by atoms with E-state index in [0.29, 0.717) is 12.1 Å². The number of benzene rings is 2. The molecule has 5 rings (SSSR count). The molecule has 0 saturated carbocycles. The van der Waals surface area contributed by atoms with Gasteiger partial charge in [0, 0.05) is 25.1 Å². The number of carbonyl (C=O) groups excluding carboxylic acids is 2. The van der Waals surface area contributed by atoms with E-state index in [1.165, 1.54) is 17.6 Å². The molecule has 0 saturated heterocycles. The number of rotatable bonds is 8. The summed E-state index contributed by atoms with van der Waals surface area (Å²) in [6.45, 7) is 0.331. The largest absolute Gasteiger partial charge is 1.00 e. The fourth-order valence-electron chi connectivity index (χ4n) is 4.46. The van der Waals surface area contributed by atoms with Gasteiger partial charge in [0.2, 0.25) is 11.8 Å². The molecule has 0 spiro atoms. The third-order valence-electron chi connectivity index (χ3n) is 6.28. The van der Waals surface area contributed by atoms with Crippen LogP contribution in [0.1, 0.15) is 23.2 Å². The average Bonchev–Trinajstić information content (AvgIpc) is 3.43. The Morgan fingerprint density at radius 2 is 1.90 bits per heavy atom. The van der Waals surface area contributed by atoms with E-state index in [0.717, 1.165) is 27.4 Å². The minimum absolute atomic E-state index is 0. The summed E-state index contributed by atoms with van der Waals surface area (Å²) in [4.78, 5) is 33.3. The molecule has 1 aliphatic heterocycles. The number of amides is 2. The number of pyridine rings is 1. The highest BCUT2D eigenvalue weighted by molar-refractivity contribution is 7.09. The lowest BCUT2D eigenvalue weighted by Crippen LogP contribution is -3.00. The van der Waals surface area contributed by atoms with Crippen LogP contribution in [-0.4, -0.2) is 38.5 Å². The van der Waals surface area contributed by atoms with E-state index < -0.39 is 12.1 Å². The number of halogens is 3. The Kier molecular flexibility index (Phi) is 10.5. The van der Waals surface area contributed by atoms with Gasteiger partial charge in [-0.25, -0.2) is 4.39 Å². The fraction of sp³-hybridized carbons (Fsp3) is 0.222. The highest BCUT2D eigenvalue weighted by Gasteiger charge is 2.34. The Labute approximate surface area is 241 Å². The van der Waals surface area contributed by atoms with Gasteiger partial charge in [-0.1, -0.05) is 47.0 Å². The molecule has 0 bridgehead atoms. The van der Waals surface area contributed by atoms with Crippen LogP contribution in [0.5, 0.6) is 0 Å². The van der Waals surface area contributed by atoms with E-state index in [1.807, 2.05) is 30.3 Å². The number of hydrogen-bond acceptors (Lipinski definition) is 7. The SMILES string of the molecule is N[C@@H](CC(=O)NC1Cc2ncccc2N(Cc2ccc(-c3cnns3)cc2)C1=O)Cc1ccccc1F.[Cl-].[Cl-]. The highest BCUT2D eigenvalue weighted by Crippen LogP contribution is 2.29. The second-order valence-corrected chi connectivity index (χ2v) is 9.74. The van der Waals surface area contributed by atoms with Crippen LogP contribution in [0.2, 0.25) is 0 Å². The van der Waals surface area contributed by atoms with Gasteiger partial charge in [-0.15, -0.1) is 5.10 Å². The Bertz CT molecular complexity index is 1410. The molecule has 2 atom stereocenters. The van der Waals surface area contributed by atoms with Crippen molar-refractivity contribution in [2.45, 2.75) is 37.9 Å². The van der Waals surface area contributed by atoms with Crippen molar-refractivity contribution in [1.29, 1.82) is 0 Å². The summed E-state index contributed by atoms with van der Waals surface area (Å²) in [5.74, 6) is -0.924. The van der Waals surface area contributed by atoms with Crippen molar-refractivity contribution in [3.05, 3.63) is 95.7 Å². The van der Waals surface area contributed by atoms with Gasteiger partial charge >= 0.3 is 0 Å². The molecule has 1 unspecified atom stereocenters. The van der Waals surface area contributed by atoms with Crippen LogP contribution in [0.15, 0.2) is 73.1 Å². The summed E-state index contributed by atoms with van der Waals surface area (Å²) in [6, 6.07) is 16.5. The van der Waals surface area contributed by atoms with Gasteiger partial charge < -0.3 is 40.8 Å². The maximum Gasteiger partial charge on any atom is 0.250 e. The van der Waals surface area contributed by atoms with Gasteiger partial charge in [0.15, 0.2) is 0 Å². The van der Waals surface area contributed by atoms with Crippen molar-refractivity contribution in [2.75, 3.05) is 4.90 Å². The van der Waals surface area contributed by atoms with Gasteiger partial charge in [-0.2, -0.15) is 0 Å². The lowest BCUT2D eigenvalue weighted by Gasteiger charge is -2.34. The zero-order chi connectivity index (χ0) is 25.8. The molecule has 4 aromatic rings. The second-order valence-electron chi connectivity index (χ2n) is 8.96. The van der Waals surface area contributed by atoms with Crippen molar-refractivity contribution < 1.29 is 38.8 Å². The van der Waals surface area contributed by atoms with Crippen molar-refractivity contribution >= 4 is 29.0 Å². The number of nitrogens with two attached hydrogens (primary N) is 1. The molecule has 8 nitrogen and oxygen atoms in total. The summed E-state index contributed by atoms with van der Waals surface area (Å²) >= 11 is 1.32. The molecule has 0 aliphatic carbocycles. The maximum absolute atomic E-state index is 13.9. The number of nitrogens with zero attached hydrogens (tertiary/aromatic N) is 4. The predicted molar refractivity (Wildman–Crippen MR) is 139 cm³/mol. The first kappa shape index (κ1) is 30.1. The lowest BCUT2D eigenvalue weighted by molar-refractivity contribution is -0.128. The Morgan fingerprint density at radius 1 is 1.13 bits per heavy atom. The summed E-state index contributed by atoms with van der Waals surface area (Å²) in [6.07, 6.45) is 3.88. The molecule has 39 heavy (non-hydrogen) atoms. The van der Waals surface area contributed by atoms with Gasteiger partial charge in [-0.3, -0.25) is 14.6 Å². The topological polar surface area (TPSA) is 114 Å². The quantitative estimate of drug-likeness (QED) is 0.232. The minimum atomic E-state index is -0.766. The molecular weight excluding hydrogens is 562 g/mol. The third-order valence-corrected chi connectivity index (χ3v) is 7.00. The van der Waals surface area contributed by atoms with Crippen LogP contribution in [0.25, 0.3) is 10.4 Å². The average molecular weight is 588 g/mol. The third kappa shape index (κ3) is 7.15. The van der Waals surface area contributed by atoms with Crippen molar-refractivity contribution in [3.8, 4) is 10.4 Å². The Morgan fingerprint density at radius 3 is 2.62 bits per heavy atom. The van der Waals surface area contributed by atoms with Gasteiger partial charge in [0.05, 0.1) is 29.0 Å². The van der Waals surface area contributed by atoms with Crippen LogP contribution < -0.4 is 40.8 Å².